The summed E-state index contributed by atoms with van der Waals surface area (Å²) < 4.78 is 13.7. The highest BCUT2D eigenvalue weighted by Gasteiger charge is 2.32. The maximum Gasteiger partial charge on any atom is 0.146 e. The quantitative estimate of drug-likeness (QED) is 0.817. The van der Waals surface area contributed by atoms with Gasteiger partial charge in [-0.2, -0.15) is 0 Å². The van der Waals surface area contributed by atoms with Crippen LogP contribution in [0.5, 0.6) is 0 Å². The number of para-hydroxylation sites is 1. The zero-order chi connectivity index (χ0) is 12.5. The highest BCUT2D eigenvalue weighted by atomic mass is 19.1. The van der Waals surface area contributed by atoms with Gasteiger partial charge in [0.15, 0.2) is 0 Å². The van der Waals surface area contributed by atoms with Crippen molar-refractivity contribution in [2.45, 2.75) is 25.4 Å². The number of aliphatic hydroxyl groups is 1. The van der Waals surface area contributed by atoms with E-state index in [0.29, 0.717) is 12.2 Å². The van der Waals surface area contributed by atoms with Crippen LogP contribution in [0.1, 0.15) is 13.8 Å². The molecule has 4 heteroatoms. The minimum Gasteiger partial charge on any atom is -0.395 e. The zero-order valence-electron chi connectivity index (χ0n) is 10.3. The fraction of sp³-hybridized carbons (Fsp3) is 0.538. The average Bonchev–Trinajstić information content (AvgIpc) is 2.27. The first kappa shape index (κ1) is 12.3. The Bertz CT molecular complexity index is 395. The molecule has 1 atom stereocenters. The molecule has 1 aliphatic heterocycles. The molecule has 0 bridgehead atoms. The van der Waals surface area contributed by atoms with Crippen molar-refractivity contribution in [3.8, 4) is 0 Å². The summed E-state index contributed by atoms with van der Waals surface area (Å²) in [5.74, 6) is -0.207. The Hall–Kier alpha value is -1.13. The number of anilines is 1. The molecule has 1 aromatic carbocycles. The van der Waals surface area contributed by atoms with Crippen molar-refractivity contribution in [1.82, 2.24) is 5.32 Å². The van der Waals surface area contributed by atoms with E-state index in [4.69, 9.17) is 0 Å². The molecule has 2 N–H and O–H groups in total. The number of nitrogens with zero attached hydrogens (tertiary/aromatic N) is 1. The van der Waals surface area contributed by atoms with Gasteiger partial charge in [-0.1, -0.05) is 12.1 Å². The van der Waals surface area contributed by atoms with Crippen molar-refractivity contribution in [2.24, 2.45) is 0 Å². The van der Waals surface area contributed by atoms with E-state index in [0.717, 1.165) is 6.54 Å². The van der Waals surface area contributed by atoms with Crippen LogP contribution in [0.3, 0.4) is 0 Å². The maximum atomic E-state index is 13.7. The molecule has 1 heterocycles. The Kier molecular flexibility index (Phi) is 3.35. The lowest BCUT2D eigenvalue weighted by atomic mass is 9.98. The van der Waals surface area contributed by atoms with Crippen molar-refractivity contribution < 1.29 is 9.50 Å². The normalized spacial score (nSPS) is 23.8. The lowest BCUT2D eigenvalue weighted by molar-refractivity contribution is 0.191. The minimum atomic E-state index is -0.207. The molecule has 0 aromatic heterocycles. The predicted octanol–water partition coefficient (Wildman–Crippen LogP) is 1.37. The van der Waals surface area contributed by atoms with Gasteiger partial charge in [0.1, 0.15) is 5.82 Å². The first-order valence-corrected chi connectivity index (χ1v) is 5.90. The van der Waals surface area contributed by atoms with Crippen LogP contribution in [0, 0.1) is 5.82 Å². The predicted molar refractivity (Wildman–Crippen MR) is 66.7 cm³/mol. The van der Waals surface area contributed by atoms with E-state index >= 15 is 0 Å². The van der Waals surface area contributed by atoms with Crippen LogP contribution in [0.15, 0.2) is 24.3 Å². The van der Waals surface area contributed by atoms with Gasteiger partial charge in [0, 0.05) is 24.7 Å². The molecule has 1 saturated heterocycles. The van der Waals surface area contributed by atoms with Gasteiger partial charge in [0.05, 0.1) is 12.3 Å². The molecule has 3 nitrogen and oxygen atoms in total. The van der Waals surface area contributed by atoms with Crippen LogP contribution in [0.2, 0.25) is 0 Å². The second-order valence-electron chi connectivity index (χ2n) is 5.24. The van der Waals surface area contributed by atoms with E-state index < -0.39 is 0 Å². The van der Waals surface area contributed by atoms with Crippen molar-refractivity contribution >= 4 is 5.69 Å². The molecule has 0 spiro atoms. The Labute approximate surface area is 101 Å². The SMILES string of the molecule is CC1(C)CN(c2ccccc2F)CC(CO)N1. The third-order valence-electron chi connectivity index (χ3n) is 3.04. The van der Waals surface area contributed by atoms with E-state index in [1.54, 1.807) is 12.1 Å². The van der Waals surface area contributed by atoms with Crippen molar-refractivity contribution in [3.05, 3.63) is 30.1 Å². The number of aliphatic hydroxyl groups excluding tert-OH is 1. The number of nitrogens with one attached hydrogen (secondary N) is 1. The van der Waals surface area contributed by atoms with Crippen LogP contribution < -0.4 is 10.2 Å². The third kappa shape index (κ3) is 2.76. The Balaban J connectivity index is 2.24. The van der Waals surface area contributed by atoms with E-state index in [-0.39, 0.29) is 24.0 Å². The average molecular weight is 238 g/mol. The molecule has 17 heavy (non-hydrogen) atoms. The lowest BCUT2D eigenvalue weighted by Gasteiger charge is -2.44. The summed E-state index contributed by atoms with van der Waals surface area (Å²) in [7, 11) is 0. The van der Waals surface area contributed by atoms with Crippen LogP contribution >= 0.6 is 0 Å². The highest BCUT2D eigenvalue weighted by molar-refractivity contribution is 5.49. The van der Waals surface area contributed by atoms with Crippen molar-refractivity contribution in [3.63, 3.8) is 0 Å². The molecule has 94 valence electrons. The van der Waals surface area contributed by atoms with Crippen molar-refractivity contribution in [1.29, 1.82) is 0 Å². The molecule has 2 rings (SSSR count). The summed E-state index contributed by atoms with van der Waals surface area (Å²) in [6.07, 6.45) is 0. The fourth-order valence-corrected chi connectivity index (χ4v) is 2.45. The number of benzene rings is 1. The van der Waals surface area contributed by atoms with Gasteiger partial charge < -0.3 is 15.3 Å². The molecule has 1 unspecified atom stereocenters. The first-order chi connectivity index (χ1) is 8.02. The summed E-state index contributed by atoms with van der Waals surface area (Å²) in [6, 6.07) is 6.76. The Morgan fingerprint density at radius 1 is 1.47 bits per heavy atom. The standard InChI is InChI=1S/C13H19FN2O/c1-13(2)9-16(7-10(8-17)15-13)12-6-4-3-5-11(12)14/h3-6,10,15,17H,7-9H2,1-2H3. The largest absolute Gasteiger partial charge is 0.395 e. The number of rotatable bonds is 2. The monoisotopic (exact) mass is 238 g/mol. The molecule has 1 fully saturated rings. The van der Waals surface area contributed by atoms with E-state index in [1.165, 1.54) is 6.07 Å². The van der Waals surface area contributed by atoms with E-state index in [2.05, 4.69) is 19.2 Å². The minimum absolute atomic E-state index is 0.0154. The van der Waals surface area contributed by atoms with Gasteiger partial charge >= 0.3 is 0 Å². The fourth-order valence-electron chi connectivity index (χ4n) is 2.45. The molecule has 0 radical (unpaired) electrons. The van der Waals surface area contributed by atoms with Gasteiger partial charge in [-0.05, 0) is 26.0 Å². The summed E-state index contributed by atoms with van der Waals surface area (Å²) in [4.78, 5) is 1.99. The van der Waals surface area contributed by atoms with Gasteiger partial charge in [-0.25, -0.2) is 4.39 Å². The third-order valence-corrected chi connectivity index (χ3v) is 3.04. The number of halogens is 1. The van der Waals surface area contributed by atoms with Gasteiger partial charge in [0.25, 0.3) is 0 Å². The second kappa shape index (κ2) is 4.63. The smallest absolute Gasteiger partial charge is 0.146 e. The van der Waals surface area contributed by atoms with Gasteiger partial charge in [-0.3, -0.25) is 0 Å². The Morgan fingerprint density at radius 3 is 2.82 bits per heavy atom. The summed E-state index contributed by atoms with van der Waals surface area (Å²) in [6.45, 7) is 5.53. The molecular weight excluding hydrogens is 219 g/mol. The molecule has 0 aliphatic carbocycles. The second-order valence-corrected chi connectivity index (χ2v) is 5.24. The molecule has 1 aliphatic rings. The number of piperazine rings is 1. The van der Waals surface area contributed by atoms with Crippen LogP contribution in [0.25, 0.3) is 0 Å². The van der Waals surface area contributed by atoms with E-state index in [1.807, 2.05) is 11.0 Å². The van der Waals surface area contributed by atoms with Crippen LogP contribution in [0.4, 0.5) is 10.1 Å². The summed E-state index contributed by atoms with van der Waals surface area (Å²) in [5.41, 5.74) is 0.481. The van der Waals surface area contributed by atoms with Gasteiger partial charge in [0.2, 0.25) is 0 Å². The van der Waals surface area contributed by atoms with Crippen LogP contribution in [-0.4, -0.2) is 36.4 Å². The maximum absolute atomic E-state index is 13.7. The van der Waals surface area contributed by atoms with Crippen molar-refractivity contribution in [2.75, 3.05) is 24.6 Å². The Morgan fingerprint density at radius 2 is 2.18 bits per heavy atom. The summed E-state index contributed by atoms with van der Waals surface area (Å²) in [5, 5.41) is 12.6. The first-order valence-electron chi connectivity index (χ1n) is 5.90. The molecule has 1 aromatic rings. The molecule has 0 amide bonds. The topological polar surface area (TPSA) is 35.5 Å². The summed E-state index contributed by atoms with van der Waals surface area (Å²) >= 11 is 0. The highest BCUT2D eigenvalue weighted by Crippen LogP contribution is 2.24. The van der Waals surface area contributed by atoms with Gasteiger partial charge in [-0.15, -0.1) is 0 Å². The number of hydrogen-bond acceptors (Lipinski definition) is 3. The zero-order valence-corrected chi connectivity index (χ0v) is 10.3. The molecular formula is C13H19FN2O. The van der Waals surface area contributed by atoms with Crippen LogP contribution in [-0.2, 0) is 0 Å². The lowest BCUT2D eigenvalue weighted by Crippen LogP contribution is -2.63. The molecule has 0 saturated carbocycles. The van der Waals surface area contributed by atoms with E-state index in [9.17, 15) is 9.50 Å². The number of hydrogen-bond donors (Lipinski definition) is 2.